The van der Waals surface area contributed by atoms with Gasteiger partial charge in [-0.3, -0.25) is 0 Å². The van der Waals surface area contributed by atoms with Gasteiger partial charge in [-0.1, -0.05) is 18.2 Å². The van der Waals surface area contributed by atoms with Crippen LogP contribution < -0.4 is 0 Å². The van der Waals surface area contributed by atoms with Crippen molar-refractivity contribution >= 4 is 29.0 Å². The van der Waals surface area contributed by atoms with Crippen LogP contribution in [-0.2, 0) is 11.0 Å². The van der Waals surface area contributed by atoms with Gasteiger partial charge in [0.1, 0.15) is 0 Å². The Morgan fingerprint density at radius 1 is 1.15 bits per heavy atom. The molecule has 1 aromatic heterocycles. The molecule has 0 fully saturated rings. The van der Waals surface area contributed by atoms with Crippen molar-refractivity contribution in [3.05, 3.63) is 57.8 Å². The van der Waals surface area contributed by atoms with Crippen LogP contribution >= 0.6 is 11.3 Å². The third kappa shape index (κ3) is 3.27. The number of benzene rings is 1. The molecule has 2 nitrogen and oxygen atoms in total. The van der Waals surface area contributed by atoms with Crippen LogP contribution in [0.25, 0.3) is 11.6 Å². The molecule has 0 atom stereocenters. The Hall–Kier alpha value is -2.08. The maximum absolute atomic E-state index is 12.5. The molecule has 1 heterocycles. The van der Waals surface area contributed by atoms with E-state index in [0.717, 1.165) is 29.1 Å². The van der Waals surface area contributed by atoms with Crippen LogP contribution in [0.1, 0.15) is 16.0 Å². The number of carboxylic acids is 1. The van der Waals surface area contributed by atoms with Crippen molar-refractivity contribution in [2.45, 2.75) is 6.18 Å². The molecule has 0 unspecified atom stereocenters. The molecule has 2 rings (SSSR count). The summed E-state index contributed by atoms with van der Waals surface area (Å²) in [4.78, 5) is 11.9. The third-order valence-corrected chi connectivity index (χ3v) is 3.40. The molecule has 104 valence electrons. The molecule has 6 heteroatoms. The Morgan fingerprint density at radius 2 is 1.80 bits per heavy atom. The lowest BCUT2D eigenvalue weighted by atomic mass is 10.0. The van der Waals surface area contributed by atoms with Crippen molar-refractivity contribution in [3.63, 3.8) is 0 Å². The standard InChI is InChI=1S/C14H9F3O2S/c15-14(16,17)10-5-3-9(4-6-10)12(13(18)19)8-11-2-1-7-20-11/h1-8H,(H,18,19)/b12-8+. The van der Waals surface area contributed by atoms with E-state index in [2.05, 4.69) is 0 Å². The summed E-state index contributed by atoms with van der Waals surface area (Å²) < 4.78 is 37.4. The predicted octanol–water partition coefficient (Wildman–Crippen LogP) is 4.39. The lowest BCUT2D eigenvalue weighted by molar-refractivity contribution is -0.137. The van der Waals surface area contributed by atoms with E-state index in [1.54, 1.807) is 17.5 Å². The SMILES string of the molecule is O=C(O)/C(=C/c1cccs1)c1ccc(C(F)(F)F)cc1. The third-order valence-electron chi connectivity index (χ3n) is 2.58. The van der Waals surface area contributed by atoms with Crippen LogP contribution in [0.2, 0.25) is 0 Å². The molecule has 0 aliphatic rings. The maximum atomic E-state index is 12.5. The Labute approximate surface area is 116 Å². The van der Waals surface area contributed by atoms with Gasteiger partial charge in [-0.2, -0.15) is 13.2 Å². The van der Waals surface area contributed by atoms with Gasteiger partial charge >= 0.3 is 12.1 Å². The van der Waals surface area contributed by atoms with Crippen LogP contribution in [0, 0.1) is 0 Å². The molecular formula is C14H9F3O2S. The summed E-state index contributed by atoms with van der Waals surface area (Å²) in [7, 11) is 0. The second-order valence-corrected chi connectivity index (χ2v) is 4.93. The van der Waals surface area contributed by atoms with Gasteiger partial charge in [0, 0.05) is 4.88 Å². The Bertz CT molecular complexity index is 625. The monoisotopic (exact) mass is 298 g/mol. The van der Waals surface area contributed by atoms with Gasteiger partial charge in [0.15, 0.2) is 0 Å². The fourth-order valence-electron chi connectivity index (χ4n) is 1.62. The van der Waals surface area contributed by atoms with Crippen molar-refractivity contribution in [1.29, 1.82) is 0 Å². The van der Waals surface area contributed by atoms with E-state index < -0.39 is 17.7 Å². The Kier molecular flexibility index (Phi) is 3.94. The summed E-state index contributed by atoms with van der Waals surface area (Å²) in [5, 5.41) is 11.0. The molecule has 1 aromatic carbocycles. The average Bonchev–Trinajstić information content (AvgIpc) is 2.87. The number of carboxylic acid groups (broad SMARTS) is 1. The molecule has 0 spiro atoms. The minimum atomic E-state index is -4.43. The van der Waals surface area contributed by atoms with Crippen LogP contribution in [-0.4, -0.2) is 11.1 Å². The highest BCUT2D eigenvalue weighted by Crippen LogP contribution is 2.30. The first-order valence-electron chi connectivity index (χ1n) is 5.54. The van der Waals surface area contributed by atoms with E-state index in [4.69, 9.17) is 5.11 Å². The van der Waals surface area contributed by atoms with E-state index in [0.29, 0.717) is 0 Å². The highest BCUT2D eigenvalue weighted by Gasteiger charge is 2.30. The lowest BCUT2D eigenvalue weighted by Crippen LogP contribution is -2.05. The van der Waals surface area contributed by atoms with Gasteiger partial charge in [-0.15, -0.1) is 11.3 Å². The first-order chi connectivity index (χ1) is 9.38. The van der Waals surface area contributed by atoms with Crippen LogP contribution in [0.15, 0.2) is 41.8 Å². The van der Waals surface area contributed by atoms with Gasteiger partial charge in [-0.25, -0.2) is 4.79 Å². The highest BCUT2D eigenvalue weighted by atomic mass is 32.1. The summed E-state index contributed by atoms with van der Waals surface area (Å²) in [6.45, 7) is 0. The van der Waals surface area contributed by atoms with Crippen molar-refractivity contribution in [3.8, 4) is 0 Å². The minimum Gasteiger partial charge on any atom is -0.478 e. The molecule has 0 saturated heterocycles. The molecule has 0 bridgehead atoms. The van der Waals surface area contributed by atoms with E-state index in [-0.39, 0.29) is 11.1 Å². The summed E-state index contributed by atoms with van der Waals surface area (Å²) in [5.41, 5.74) is -0.609. The van der Waals surface area contributed by atoms with Gasteiger partial charge < -0.3 is 5.11 Å². The van der Waals surface area contributed by atoms with Gasteiger partial charge in [0.05, 0.1) is 11.1 Å². The Morgan fingerprint density at radius 3 is 2.25 bits per heavy atom. The number of thiophene rings is 1. The summed E-state index contributed by atoms with van der Waals surface area (Å²) in [5.74, 6) is -1.18. The van der Waals surface area contributed by atoms with Crippen LogP contribution in [0.5, 0.6) is 0 Å². The summed E-state index contributed by atoms with van der Waals surface area (Å²) in [6, 6.07) is 7.58. The average molecular weight is 298 g/mol. The molecular weight excluding hydrogens is 289 g/mol. The molecule has 0 aliphatic carbocycles. The summed E-state index contributed by atoms with van der Waals surface area (Å²) in [6.07, 6.45) is -2.99. The molecule has 2 aromatic rings. The number of aliphatic carboxylic acids is 1. The molecule has 0 radical (unpaired) electrons. The van der Waals surface area contributed by atoms with E-state index in [1.165, 1.54) is 17.4 Å². The van der Waals surface area contributed by atoms with Gasteiger partial charge in [0.2, 0.25) is 0 Å². The maximum Gasteiger partial charge on any atom is 0.416 e. The first-order valence-corrected chi connectivity index (χ1v) is 6.42. The minimum absolute atomic E-state index is 0.0406. The number of hydrogen-bond acceptors (Lipinski definition) is 2. The number of hydrogen-bond donors (Lipinski definition) is 1. The number of alkyl halides is 3. The van der Waals surface area contributed by atoms with Crippen molar-refractivity contribution < 1.29 is 23.1 Å². The topological polar surface area (TPSA) is 37.3 Å². The molecule has 0 aliphatic heterocycles. The van der Waals surface area contributed by atoms with E-state index >= 15 is 0 Å². The lowest BCUT2D eigenvalue weighted by Gasteiger charge is -2.08. The smallest absolute Gasteiger partial charge is 0.416 e. The van der Waals surface area contributed by atoms with E-state index in [1.807, 2.05) is 0 Å². The zero-order valence-corrected chi connectivity index (χ0v) is 10.8. The fourth-order valence-corrected chi connectivity index (χ4v) is 2.28. The zero-order valence-electron chi connectivity index (χ0n) is 10.0. The fraction of sp³-hybridized carbons (Fsp3) is 0.0714. The molecule has 1 N–H and O–H groups in total. The van der Waals surface area contributed by atoms with Gasteiger partial charge in [-0.05, 0) is 35.2 Å². The predicted molar refractivity (Wildman–Crippen MR) is 71.3 cm³/mol. The molecule has 0 amide bonds. The van der Waals surface area contributed by atoms with Crippen LogP contribution in [0.4, 0.5) is 13.2 Å². The van der Waals surface area contributed by atoms with Crippen molar-refractivity contribution in [2.24, 2.45) is 0 Å². The van der Waals surface area contributed by atoms with Crippen LogP contribution in [0.3, 0.4) is 0 Å². The normalized spacial score (nSPS) is 12.4. The highest BCUT2D eigenvalue weighted by molar-refractivity contribution is 7.10. The largest absolute Gasteiger partial charge is 0.478 e. The van der Waals surface area contributed by atoms with Crippen molar-refractivity contribution in [2.75, 3.05) is 0 Å². The second-order valence-electron chi connectivity index (χ2n) is 3.95. The number of carbonyl (C=O) groups is 1. The van der Waals surface area contributed by atoms with E-state index in [9.17, 15) is 18.0 Å². The Balaban J connectivity index is 2.39. The van der Waals surface area contributed by atoms with Gasteiger partial charge in [0.25, 0.3) is 0 Å². The molecule has 20 heavy (non-hydrogen) atoms. The number of halogens is 3. The molecule has 0 saturated carbocycles. The summed E-state index contributed by atoms with van der Waals surface area (Å²) >= 11 is 1.35. The second kappa shape index (κ2) is 5.50. The van der Waals surface area contributed by atoms with Crippen molar-refractivity contribution in [1.82, 2.24) is 0 Å². The quantitative estimate of drug-likeness (QED) is 0.853. The number of rotatable bonds is 3. The zero-order chi connectivity index (χ0) is 14.8. The first kappa shape index (κ1) is 14.3.